The molecule has 0 atom stereocenters. The summed E-state index contributed by atoms with van der Waals surface area (Å²) in [6, 6.07) is 14.4. The van der Waals surface area contributed by atoms with Crippen LogP contribution in [-0.4, -0.2) is 19.6 Å². The standard InChI is InChI=1S/C20H25NO2/c1-15-6-8-17(9-7-15)5-4-12-21-20(22)14-18-10-11-19(23-3)16(2)13-18/h6-11,13H,4-5,12,14H2,1-3H3,(H,21,22). The summed E-state index contributed by atoms with van der Waals surface area (Å²) in [7, 11) is 1.66. The van der Waals surface area contributed by atoms with E-state index in [0.717, 1.165) is 29.7 Å². The minimum Gasteiger partial charge on any atom is -0.496 e. The first-order valence-corrected chi connectivity index (χ1v) is 8.04. The van der Waals surface area contributed by atoms with Crippen LogP contribution in [0.4, 0.5) is 0 Å². The maximum atomic E-state index is 12.0. The van der Waals surface area contributed by atoms with E-state index in [-0.39, 0.29) is 5.91 Å². The van der Waals surface area contributed by atoms with Crippen molar-refractivity contribution in [3.8, 4) is 5.75 Å². The molecule has 0 aromatic heterocycles. The van der Waals surface area contributed by atoms with Crippen molar-refractivity contribution in [2.24, 2.45) is 0 Å². The van der Waals surface area contributed by atoms with Crippen LogP contribution in [0.25, 0.3) is 0 Å². The molecule has 0 saturated heterocycles. The van der Waals surface area contributed by atoms with Crippen LogP contribution in [0, 0.1) is 13.8 Å². The van der Waals surface area contributed by atoms with Gasteiger partial charge in [-0.25, -0.2) is 0 Å². The van der Waals surface area contributed by atoms with Crippen LogP contribution < -0.4 is 10.1 Å². The first-order valence-electron chi connectivity index (χ1n) is 8.04. The van der Waals surface area contributed by atoms with Crippen LogP contribution in [0.15, 0.2) is 42.5 Å². The van der Waals surface area contributed by atoms with Crippen molar-refractivity contribution in [3.05, 3.63) is 64.7 Å². The first-order chi connectivity index (χ1) is 11.1. The molecule has 0 heterocycles. The lowest BCUT2D eigenvalue weighted by Crippen LogP contribution is -2.26. The van der Waals surface area contributed by atoms with Gasteiger partial charge < -0.3 is 10.1 Å². The van der Waals surface area contributed by atoms with Gasteiger partial charge in [0.2, 0.25) is 5.91 Å². The van der Waals surface area contributed by atoms with E-state index in [0.29, 0.717) is 13.0 Å². The highest BCUT2D eigenvalue weighted by Crippen LogP contribution is 2.18. The SMILES string of the molecule is COc1ccc(CC(=O)NCCCc2ccc(C)cc2)cc1C. The molecule has 0 radical (unpaired) electrons. The molecule has 2 aromatic carbocycles. The van der Waals surface area contributed by atoms with Crippen molar-refractivity contribution in [1.29, 1.82) is 0 Å². The number of nitrogens with one attached hydrogen (secondary N) is 1. The largest absolute Gasteiger partial charge is 0.496 e. The molecule has 0 unspecified atom stereocenters. The summed E-state index contributed by atoms with van der Waals surface area (Å²) in [5, 5.41) is 2.99. The van der Waals surface area contributed by atoms with E-state index < -0.39 is 0 Å². The second-order valence-corrected chi connectivity index (χ2v) is 5.92. The molecule has 1 N–H and O–H groups in total. The van der Waals surface area contributed by atoms with E-state index in [2.05, 4.69) is 36.5 Å². The van der Waals surface area contributed by atoms with Gasteiger partial charge in [-0.1, -0.05) is 42.0 Å². The lowest BCUT2D eigenvalue weighted by atomic mass is 10.1. The lowest BCUT2D eigenvalue weighted by Gasteiger charge is -2.08. The molecule has 0 aliphatic carbocycles. The normalized spacial score (nSPS) is 10.4. The van der Waals surface area contributed by atoms with Crippen molar-refractivity contribution in [2.75, 3.05) is 13.7 Å². The Hall–Kier alpha value is -2.29. The van der Waals surface area contributed by atoms with Crippen LogP contribution in [0.1, 0.15) is 28.7 Å². The predicted octanol–water partition coefficient (Wildman–Crippen LogP) is 3.60. The Morgan fingerprint density at radius 2 is 1.74 bits per heavy atom. The van der Waals surface area contributed by atoms with Crippen molar-refractivity contribution in [1.82, 2.24) is 5.32 Å². The maximum Gasteiger partial charge on any atom is 0.224 e. The minimum absolute atomic E-state index is 0.0680. The summed E-state index contributed by atoms with van der Waals surface area (Å²) in [6.45, 7) is 4.79. The molecule has 0 fully saturated rings. The van der Waals surface area contributed by atoms with E-state index in [1.165, 1.54) is 11.1 Å². The van der Waals surface area contributed by atoms with Gasteiger partial charge in [0, 0.05) is 6.54 Å². The third kappa shape index (κ3) is 5.44. The fraction of sp³-hybridized carbons (Fsp3) is 0.350. The summed E-state index contributed by atoms with van der Waals surface area (Å²) in [6.07, 6.45) is 2.36. The summed E-state index contributed by atoms with van der Waals surface area (Å²) in [4.78, 5) is 12.0. The predicted molar refractivity (Wildman–Crippen MR) is 93.9 cm³/mol. The Balaban J connectivity index is 1.72. The van der Waals surface area contributed by atoms with Gasteiger partial charge in [0.1, 0.15) is 5.75 Å². The van der Waals surface area contributed by atoms with Crippen molar-refractivity contribution in [3.63, 3.8) is 0 Å². The highest BCUT2D eigenvalue weighted by atomic mass is 16.5. The fourth-order valence-corrected chi connectivity index (χ4v) is 2.57. The van der Waals surface area contributed by atoms with Gasteiger partial charge in [0.05, 0.1) is 13.5 Å². The molecular formula is C20H25NO2. The van der Waals surface area contributed by atoms with Gasteiger partial charge >= 0.3 is 0 Å². The number of amides is 1. The Labute approximate surface area is 138 Å². The maximum absolute atomic E-state index is 12.0. The smallest absolute Gasteiger partial charge is 0.224 e. The number of methoxy groups -OCH3 is 1. The molecule has 2 aromatic rings. The minimum atomic E-state index is 0.0680. The monoisotopic (exact) mass is 311 g/mol. The summed E-state index contributed by atoms with van der Waals surface area (Å²) in [5.74, 6) is 0.922. The van der Waals surface area contributed by atoms with Gasteiger partial charge in [-0.15, -0.1) is 0 Å². The quantitative estimate of drug-likeness (QED) is 0.793. The number of carbonyl (C=O) groups excluding carboxylic acids is 1. The van der Waals surface area contributed by atoms with Crippen LogP contribution >= 0.6 is 0 Å². The number of carbonyl (C=O) groups is 1. The Kier molecular flexibility index (Phi) is 6.21. The summed E-state index contributed by atoms with van der Waals surface area (Å²) < 4.78 is 5.23. The van der Waals surface area contributed by atoms with E-state index in [1.807, 2.05) is 25.1 Å². The van der Waals surface area contributed by atoms with Crippen LogP contribution in [0.5, 0.6) is 5.75 Å². The topological polar surface area (TPSA) is 38.3 Å². The molecule has 0 aliphatic rings. The zero-order chi connectivity index (χ0) is 16.7. The summed E-state index contributed by atoms with van der Waals surface area (Å²) >= 11 is 0. The third-order valence-corrected chi connectivity index (χ3v) is 3.91. The van der Waals surface area contributed by atoms with Crippen molar-refractivity contribution in [2.45, 2.75) is 33.1 Å². The second kappa shape index (κ2) is 8.37. The van der Waals surface area contributed by atoms with Crippen molar-refractivity contribution >= 4 is 5.91 Å². The molecule has 122 valence electrons. The van der Waals surface area contributed by atoms with Crippen LogP contribution in [0.3, 0.4) is 0 Å². The van der Waals surface area contributed by atoms with E-state index in [9.17, 15) is 4.79 Å². The van der Waals surface area contributed by atoms with Gasteiger partial charge in [0.15, 0.2) is 0 Å². The fourth-order valence-electron chi connectivity index (χ4n) is 2.57. The van der Waals surface area contributed by atoms with Crippen LogP contribution in [-0.2, 0) is 17.6 Å². The molecule has 1 amide bonds. The molecule has 3 heteroatoms. The average Bonchev–Trinajstić information content (AvgIpc) is 2.53. The molecule has 23 heavy (non-hydrogen) atoms. The number of hydrogen-bond donors (Lipinski definition) is 1. The first kappa shape index (κ1) is 17.1. The van der Waals surface area contributed by atoms with E-state index >= 15 is 0 Å². The van der Waals surface area contributed by atoms with Crippen LogP contribution in [0.2, 0.25) is 0 Å². The number of ether oxygens (including phenoxy) is 1. The molecule has 0 bridgehead atoms. The zero-order valence-corrected chi connectivity index (χ0v) is 14.2. The average molecular weight is 311 g/mol. The molecule has 3 nitrogen and oxygen atoms in total. The highest BCUT2D eigenvalue weighted by Gasteiger charge is 2.05. The Morgan fingerprint density at radius 1 is 1.04 bits per heavy atom. The number of aryl methyl sites for hydroxylation is 3. The number of rotatable bonds is 7. The Bertz CT molecular complexity index is 647. The van der Waals surface area contributed by atoms with Gasteiger partial charge in [-0.3, -0.25) is 4.79 Å². The molecule has 0 aliphatic heterocycles. The molecule has 0 spiro atoms. The summed E-state index contributed by atoms with van der Waals surface area (Å²) in [5.41, 5.74) is 4.66. The molecular weight excluding hydrogens is 286 g/mol. The molecule has 0 saturated carbocycles. The number of hydrogen-bond acceptors (Lipinski definition) is 2. The second-order valence-electron chi connectivity index (χ2n) is 5.92. The van der Waals surface area contributed by atoms with E-state index in [4.69, 9.17) is 4.74 Å². The van der Waals surface area contributed by atoms with Gasteiger partial charge in [0.25, 0.3) is 0 Å². The Morgan fingerprint density at radius 3 is 2.39 bits per heavy atom. The third-order valence-electron chi connectivity index (χ3n) is 3.91. The lowest BCUT2D eigenvalue weighted by molar-refractivity contribution is -0.120. The highest BCUT2D eigenvalue weighted by molar-refractivity contribution is 5.78. The van der Waals surface area contributed by atoms with Gasteiger partial charge in [-0.2, -0.15) is 0 Å². The van der Waals surface area contributed by atoms with Gasteiger partial charge in [-0.05, 0) is 49.4 Å². The number of benzene rings is 2. The van der Waals surface area contributed by atoms with E-state index in [1.54, 1.807) is 7.11 Å². The van der Waals surface area contributed by atoms with Crippen molar-refractivity contribution < 1.29 is 9.53 Å². The zero-order valence-electron chi connectivity index (χ0n) is 14.2. The molecule has 2 rings (SSSR count).